The SMILES string of the molecule is CCCCCC(=O)O[C@H](C(=O)N(C)c1ccccc1)c1cccc(C)c1. The molecule has 0 radical (unpaired) electrons. The van der Waals surface area contributed by atoms with Crippen LogP contribution in [0.3, 0.4) is 0 Å². The number of esters is 1. The number of nitrogens with zero attached hydrogens (tertiary/aromatic N) is 1. The zero-order valence-corrected chi connectivity index (χ0v) is 15.8. The van der Waals surface area contributed by atoms with Crippen molar-refractivity contribution in [3.8, 4) is 0 Å². The highest BCUT2D eigenvalue weighted by atomic mass is 16.5. The molecule has 0 spiro atoms. The zero-order valence-electron chi connectivity index (χ0n) is 15.8. The van der Waals surface area contributed by atoms with E-state index in [0.717, 1.165) is 30.5 Å². The predicted molar refractivity (Wildman–Crippen MR) is 104 cm³/mol. The van der Waals surface area contributed by atoms with Gasteiger partial charge in [0.15, 0.2) is 0 Å². The Kier molecular flexibility index (Phi) is 7.39. The van der Waals surface area contributed by atoms with E-state index in [4.69, 9.17) is 4.74 Å². The lowest BCUT2D eigenvalue weighted by molar-refractivity contribution is -0.155. The first-order valence-electron chi connectivity index (χ1n) is 9.11. The van der Waals surface area contributed by atoms with Crippen molar-refractivity contribution in [2.24, 2.45) is 0 Å². The summed E-state index contributed by atoms with van der Waals surface area (Å²) in [6.45, 7) is 4.04. The number of ether oxygens (including phenoxy) is 1. The van der Waals surface area contributed by atoms with E-state index in [0.29, 0.717) is 12.0 Å². The lowest BCUT2D eigenvalue weighted by Gasteiger charge is -2.24. The van der Waals surface area contributed by atoms with Gasteiger partial charge in [0.05, 0.1) is 0 Å². The molecule has 0 aromatic heterocycles. The van der Waals surface area contributed by atoms with E-state index in [2.05, 4.69) is 6.92 Å². The topological polar surface area (TPSA) is 46.6 Å². The van der Waals surface area contributed by atoms with E-state index in [1.165, 1.54) is 4.90 Å². The fourth-order valence-corrected chi connectivity index (χ4v) is 2.76. The Labute approximate surface area is 155 Å². The van der Waals surface area contributed by atoms with Crippen LogP contribution < -0.4 is 4.90 Å². The van der Waals surface area contributed by atoms with Crippen LogP contribution in [0.4, 0.5) is 5.69 Å². The van der Waals surface area contributed by atoms with Crippen LogP contribution in [-0.2, 0) is 14.3 Å². The minimum atomic E-state index is -0.936. The molecule has 4 nitrogen and oxygen atoms in total. The van der Waals surface area contributed by atoms with Gasteiger partial charge in [-0.05, 0) is 25.5 Å². The molecule has 26 heavy (non-hydrogen) atoms. The van der Waals surface area contributed by atoms with E-state index >= 15 is 0 Å². The maximum absolute atomic E-state index is 13.1. The van der Waals surface area contributed by atoms with Gasteiger partial charge in [-0.3, -0.25) is 9.59 Å². The number of carbonyl (C=O) groups excluding carboxylic acids is 2. The van der Waals surface area contributed by atoms with Gasteiger partial charge in [0.1, 0.15) is 0 Å². The van der Waals surface area contributed by atoms with E-state index in [1.54, 1.807) is 7.05 Å². The van der Waals surface area contributed by atoms with Gasteiger partial charge in [0.25, 0.3) is 5.91 Å². The zero-order chi connectivity index (χ0) is 18.9. The summed E-state index contributed by atoms with van der Waals surface area (Å²) in [7, 11) is 1.70. The van der Waals surface area contributed by atoms with Crippen LogP contribution >= 0.6 is 0 Å². The molecule has 0 aliphatic rings. The normalized spacial score (nSPS) is 11.7. The highest BCUT2D eigenvalue weighted by Crippen LogP contribution is 2.25. The van der Waals surface area contributed by atoms with Crippen LogP contribution in [0.15, 0.2) is 54.6 Å². The number of hydrogen-bond acceptors (Lipinski definition) is 3. The Bertz CT molecular complexity index is 727. The Morgan fingerprint density at radius 3 is 2.42 bits per heavy atom. The molecule has 0 aliphatic heterocycles. The van der Waals surface area contributed by atoms with E-state index in [-0.39, 0.29) is 11.9 Å². The van der Waals surface area contributed by atoms with Crippen molar-refractivity contribution in [2.75, 3.05) is 11.9 Å². The third-order valence-electron chi connectivity index (χ3n) is 4.28. The van der Waals surface area contributed by atoms with Crippen LogP contribution in [-0.4, -0.2) is 18.9 Å². The third-order valence-corrected chi connectivity index (χ3v) is 4.28. The molecule has 0 aliphatic carbocycles. The molecule has 2 aromatic carbocycles. The van der Waals surface area contributed by atoms with Crippen LogP contribution in [0.2, 0.25) is 0 Å². The number of para-hydroxylation sites is 1. The summed E-state index contributed by atoms with van der Waals surface area (Å²) in [6.07, 6.45) is 2.18. The Hall–Kier alpha value is -2.62. The van der Waals surface area contributed by atoms with Crippen molar-refractivity contribution in [2.45, 2.75) is 45.6 Å². The first-order valence-corrected chi connectivity index (χ1v) is 9.11. The molecule has 2 aromatic rings. The first kappa shape index (κ1) is 19.7. The second-order valence-corrected chi connectivity index (χ2v) is 6.47. The highest BCUT2D eigenvalue weighted by molar-refractivity contribution is 5.97. The Balaban J connectivity index is 2.22. The molecule has 2 rings (SSSR count). The summed E-state index contributed by atoms with van der Waals surface area (Å²) < 4.78 is 5.61. The molecule has 0 heterocycles. The van der Waals surface area contributed by atoms with Crippen molar-refractivity contribution in [3.05, 3.63) is 65.7 Å². The molecule has 1 atom stereocenters. The molecule has 0 fully saturated rings. The van der Waals surface area contributed by atoms with E-state index < -0.39 is 6.10 Å². The molecular weight excluding hydrogens is 326 g/mol. The number of carbonyl (C=O) groups is 2. The second-order valence-electron chi connectivity index (χ2n) is 6.47. The number of amides is 1. The van der Waals surface area contributed by atoms with Crippen LogP contribution in [0.25, 0.3) is 0 Å². The number of aryl methyl sites for hydroxylation is 1. The smallest absolute Gasteiger partial charge is 0.306 e. The summed E-state index contributed by atoms with van der Waals surface area (Å²) in [5.41, 5.74) is 2.48. The van der Waals surface area contributed by atoms with Crippen molar-refractivity contribution in [1.82, 2.24) is 0 Å². The molecule has 138 valence electrons. The fourth-order valence-electron chi connectivity index (χ4n) is 2.76. The third kappa shape index (κ3) is 5.45. The van der Waals surface area contributed by atoms with Gasteiger partial charge in [-0.2, -0.15) is 0 Å². The molecular formula is C22H27NO3. The van der Waals surface area contributed by atoms with E-state index in [1.807, 2.05) is 61.5 Å². The van der Waals surface area contributed by atoms with Crippen molar-refractivity contribution in [1.29, 1.82) is 0 Å². The Morgan fingerprint density at radius 2 is 1.77 bits per heavy atom. The number of anilines is 1. The number of likely N-dealkylation sites (N-methyl/N-ethyl adjacent to an activating group) is 1. The van der Waals surface area contributed by atoms with Crippen molar-refractivity contribution >= 4 is 17.6 Å². The molecule has 0 N–H and O–H groups in total. The number of benzene rings is 2. The molecule has 0 bridgehead atoms. The predicted octanol–water partition coefficient (Wildman–Crippen LogP) is 4.82. The molecule has 1 amide bonds. The Morgan fingerprint density at radius 1 is 1.04 bits per heavy atom. The minimum absolute atomic E-state index is 0.259. The summed E-state index contributed by atoms with van der Waals surface area (Å²) in [6, 6.07) is 16.9. The maximum Gasteiger partial charge on any atom is 0.306 e. The van der Waals surface area contributed by atoms with Crippen LogP contribution in [0, 0.1) is 6.92 Å². The van der Waals surface area contributed by atoms with E-state index in [9.17, 15) is 9.59 Å². The lowest BCUT2D eigenvalue weighted by Crippen LogP contribution is -2.34. The standard InChI is InChI=1S/C22H27NO3/c1-4-5-7-15-20(24)26-21(18-12-10-11-17(2)16-18)22(25)23(3)19-13-8-6-9-14-19/h6,8-14,16,21H,4-5,7,15H2,1-3H3/t21-/m0/s1. The van der Waals surface area contributed by atoms with Crippen molar-refractivity contribution < 1.29 is 14.3 Å². The van der Waals surface area contributed by atoms with Crippen molar-refractivity contribution in [3.63, 3.8) is 0 Å². The van der Waals surface area contributed by atoms with Gasteiger partial charge in [0.2, 0.25) is 6.10 Å². The summed E-state index contributed by atoms with van der Waals surface area (Å²) >= 11 is 0. The number of hydrogen-bond donors (Lipinski definition) is 0. The summed E-state index contributed by atoms with van der Waals surface area (Å²) in [4.78, 5) is 26.9. The number of unbranched alkanes of at least 4 members (excludes halogenated alkanes) is 2. The minimum Gasteiger partial charge on any atom is -0.447 e. The van der Waals surface area contributed by atoms with Gasteiger partial charge in [0, 0.05) is 24.7 Å². The first-order chi connectivity index (χ1) is 12.5. The average molecular weight is 353 g/mol. The highest BCUT2D eigenvalue weighted by Gasteiger charge is 2.28. The largest absolute Gasteiger partial charge is 0.447 e. The van der Waals surface area contributed by atoms with Gasteiger partial charge in [-0.25, -0.2) is 0 Å². The maximum atomic E-state index is 13.1. The second kappa shape index (κ2) is 9.76. The van der Waals surface area contributed by atoms with Gasteiger partial charge >= 0.3 is 5.97 Å². The van der Waals surface area contributed by atoms with Gasteiger partial charge in [-0.15, -0.1) is 0 Å². The summed E-state index contributed by atoms with van der Waals surface area (Å²) in [5, 5.41) is 0. The molecule has 0 saturated heterocycles. The quantitative estimate of drug-likeness (QED) is 0.505. The van der Waals surface area contributed by atoms with Crippen LogP contribution in [0.5, 0.6) is 0 Å². The van der Waals surface area contributed by atoms with Gasteiger partial charge < -0.3 is 9.64 Å². The average Bonchev–Trinajstić information content (AvgIpc) is 2.66. The summed E-state index contributed by atoms with van der Waals surface area (Å²) in [5.74, 6) is -0.592. The fraction of sp³-hybridized carbons (Fsp3) is 0.364. The molecule has 0 saturated carbocycles. The molecule has 0 unspecified atom stereocenters. The van der Waals surface area contributed by atoms with Crippen LogP contribution in [0.1, 0.15) is 49.8 Å². The molecule has 4 heteroatoms. The lowest BCUT2D eigenvalue weighted by atomic mass is 10.0. The number of rotatable bonds is 8. The van der Waals surface area contributed by atoms with Gasteiger partial charge in [-0.1, -0.05) is 67.8 Å². The monoisotopic (exact) mass is 353 g/mol.